The number of ether oxygens (including phenoxy) is 4. The van der Waals surface area contributed by atoms with Gasteiger partial charge < -0.3 is 18.9 Å². The summed E-state index contributed by atoms with van der Waals surface area (Å²) in [7, 11) is 0. The molecule has 0 unspecified atom stereocenters. The molecular weight excluding hydrogens is 561 g/mol. The van der Waals surface area contributed by atoms with Gasteiger partial charge in [0.05, 0.1) is 25.0 Å². The summed E-state index contributed by atoms with van der Waals surface area (Å²) in [6.07, 6.45) is -3.19. The van der Waals surface area contributed by atoms with Gasteiger partial charge in [0.2, 0.25) is 0 Å². The molecule has 0 fully saturated rings. The number of alkyl halides is 3. The molecule has 0 aliphatic heterocycles. The molecule has 0 heterocycles. The molecule has 10 heteroatoms. The largest absolute Gasteiger partial charge is 0.490 e. The van der Waals surface area contributed by atoms with Crippen LogP contribution >= 0.6 is 0 Å². The van der Waals surface area contributed by atoms with Crippen molar-refractivity contribution in [3.05, 3.63) is 119 Å². The topological polar surface area (TPSA) is 78.4 Å². The first kappa shape index (κ1) is 31.0. The third-order valence-electron chi connectivity index (χ3n) is 6.04. The fraction of sp³-hybridized carbons (Fsp3) is 0.212. The summed E-state index contributed by atoms with van der Waals surface area (Å²) >= 11 is 0. The van der Waals surface area contributed by atoms with Gasteiger partial charge in [0.25, 0.3) is 5.91 Å². The molecule has 4 rings (SSSR count). The standard InChI is InChI=1S/C33H31F3N2O5/c1-3-40-30-17-24(20-37-38-32(39)26-11-8-12-27(19-26)33(34,35)36)13-15-28(30)43-22-25-14-16-29(31(18-25)41-4-2)42-21-23-9-6-5-7-10-23/h5-20H,3-4,21-22H2,1-2H3,(H,38,39)/b37-20+. The van der Waals surface area contributed by atoms with Crippen molar-refractivity contribution in [1.29, 1.82) is 0 Å². The number of halogens is 3. The molecule has 4 aromatic carbocycles. The maximum absolute atomic E-state index is 12.9. The molecule has 0 spiro atoms. The minimum absolute atomic E-state index is 0.158. The Hall–Kier alpha value is -4.99. The van der Waals surface area contributed by atoms with Crippen LogP contribution in [0.1, 0.15) is 46.5 Å². The van der Waals surface area contributed by atoms with Gasteiger partial charge in [-0.1, -0.05) is 42.5 Å². The van der Waals surface area contributed by atoms with Crippen molar-refractivity contribution in [3.8, 4) is 23.0 Å². The van der Waals surface area contributed by atoms with E-state index in [9.17, 15) is 18.0 Å². The summed E-state index contributed by atoms with van der Waals surface area (Å²) in [5.41, 5.74) is 3.67. The van der Waals surface area contributed by atoms with Crippen molar-refractivity contribution in [2.45, 2.75) is 33.2 Å². The van der Waals surface area contributed by atoms with Crippen molar-refractivity contribution in [1.82, 2.24) is 5.43 Å². The first-order chi connectivity index (χ1) is 20.8. The Bertz CT molecular complexity index is 1540. The van der Waals surface area contributed by atoms with Crippen LogP contribution < -0.4 is 24.4 Å². The van der Waals surface area contributed by atoms with E-state index in [0.29, 0.717) is 48.4 Å². The molecule has 0 aromatic heterocycles. The van der Waals surface area contributed by atoms with Crippen molar-refractivity contribution >= 4 is 12.1 Å². The van der Waals surface area contributed by atoms with Crippen LogP contribution in [0.3, 0.4) is 0 Å². The molecule has 1 N–H and O–H groups in total. The predicted octanol–water partition coefficient (Wildman–Crippen LogP) is 7.42. The quantitative estimate of drug-likeness (QED) is 0.129. The second kappa shape index (κ2) is 14.8. The highest BCUT2D eigenvalue weighted by atomic mass is 19.4. The first-order valence-corrected chi connectivity index (χ1v) is 13.6. The monoisotopic (exact) mass is 592 g/mol. The first-order valence-electron chi connectivity index (χ1n) is 13.6. The zero-order chi connectivity index (χ0) is 30.7. The highest BCUT2D eigenvalue weighted by Gasteiger charge is 2.30. The van der Waals surface area contributed by atoms with Crippen molar-refractivity contribution in [2.75, 3.05) is 13.2 Å². The van der Waals surface area contributed by atoms with Crippen LogP contribution in [-0.4, -0.2) is 25.3 Å². The van der Waals surface area contributed by atoms with E-state index in [-0.39, 0.29) is 12.2 Å². The molecule has 0 atom stereocenters. The molecule has 0 saturated carbocycles. The average Bonchev–Trinajstić information content (AvgIpc) is 3.00. The lowest BCUT2D eigenvalue weighted by molar-refractivity contribution is -0.137. The van der Waals surface area contributed by atoms with Gasteiger partial charge >= 0.3 is 6.18 Å². The van der Waals surface area contributed by atoms with E-state index in [0.717, 1.165) is 23.3 Å². The van der Waals surface area contributed by atoms with Crippen LogP contribution in [-0.2, 0) is 19.4 Å². The highest BCUT2D eigenvalue weighted by Crippen LogP contribution is 2.32. The summed E-state index contributed by atoms with van der Waals surface area (Å²) in [6.45, 7) is 5.25. The fourth-order valence-electron chi connectivity index (χ4n) is 3.99. The molecule has 1 amide bonds. The van der Waals surface area contributed by atoms with Gasteiger partial charge in [-0.05, 0) is 79.1 Å². The van der Waals surface area contributed by atoms with Crippen LogP contribution in [0.15, 0.2) is 96.1 Å². The third kappa shape index (κ3) is 9.00. The van der Waals surface area contributed by atoms with E-state index in [4.69, 9.17) is 18.9 Å². The number of hydrogen-bond acceptors (Lipinski definition) is 6. The van der Waals surface area contributed by atoms with E-state index in [1.807, 2.05) is 62.4 Å². The van der Waals surface area contributed by atoms with Crippen molar-refractivity contribution < 1.29 is 36.9 Å². The van der Waals surface area contributed by atoms with Gasteiger partial charge in [-0.15, -0.1) is 0 Å². The van der Waals surface area contributed by atoms with Gasteiger partial charge in [0.1, 0.15) is 13.2 Å². The number of hydrogen-bond donors (Lipinski definition) is 1. The molecule has 43 heavy (non-hydrogen) atoms. The zero-order valence-electron chi connectivity index (χ0n) is 23.7. The number of benzene rings is 4. The molecule has 7 nitrogen and oxygen atoms in total. The number of nitrogens with one attached hydrogen (secondary N) is 1. The van der Waals surface area contributed by atoms with Gasteiger partial charge in [-0.3, -0.25) is 4.79 Å². The minimum Gasteiger partial charge on any atom is -0.490 e. The third-order valence-corrected chi connectivity index (χ3v) is 6.04. The second-order valence-corrected chi connectivity index (χ2v) is 9.19. The molecule has 4 aromatic rings. The summed E-state index contributed by atoms with van der Waals surface area (Å²) in [6, 6.07) is 24.7. The predicted molar refractivity (Wildman–Crippen MR) is 157 cm³/mol. The zero-order valence-corrected chi connectivity index (χ0v) is 23.7. The average molecular weight is 593 g/mol. The van der Waals surface area contributed by atoms with Gasteiger partial charge in [-0.2, -0.15) is 18.3 Å². The molecule has 0 radical (unpaired) electrons. The Morgan fingerprint density at radius 2 is 1.37 bits per heavy atom. The fourth-order valence-corrected chi connectivity index (χ4v) is 3.99. The summed E-state index contributed by atoms with van der Waals surface area (Å²) in [4.78, 5) is 12.3. The van der Waals surface area contributed by atoms with E-state index in [1.54, 1.807) is 18.2 Å². The number of amides is 1. The Morgan fingerprint density at radius 1 is 0.721 bits per heavy atom. The Morgan fingerprint density at radius 3 is 2.05 bits per heavy atom. The summed E-state index contributed by atoms with van der Waals surface area (Å²) in [5, 5.41) is 3.88. The lowest BCUT2D eigenvalue weighted by Crippen LogP contribution is -2.18. The number of nitrogens with zero attached hydrogens (tertiary/aromatic N) is 1. The van der Waals surface area contributed by atoms with Gasteiger partial charge in [-0.25, -0.2) is 5.43 Å². The number of carbonyl (C=O) groups excluding carboxylic acids is 1. The summed E-state index contributed by atoms with van der Waals surface area (Å²) in [5.74, 6) is 1.43. The molecule has 0 aliphatic rings. The van der Waals surface area contributed by atoms with Crippen LogP contribution in [0.25, 0.3) is 0 Å². The maximum Gasteiger partial charge on any atom is 0.416 e. The van der Waals surface area contributed by atoms with Crippen LogP contribution in [0.5, 0.6) is 23.0 Å². The number of carbonyl (C=O) groups is 1. The molecule has 0 saturated heterocycles. The molecular formula is C33H31F3N2O5. The molecule has 0 bridgehead atoms. The number of hydrazone groups is 1. The molecule has 0 aliphatic carbocycles. The van der Waals surface area contributed by atoms with Crippen LogP contribution in [0, 0.1) is 0 Å². The summed E-state index contributed by atoms with van der Waals surface area (Å²) < 4.78 is 62.4. The molecule has 224 valence electrons. The maximum atomic E-state index is 12.9. The van der Waals surface area contributed by atoms with E-state index < -0.39 is 17.6 Å². The highest BCUT2D eigenvalue weighted by molar-refractivity contribution is 5.95. The van der Waals surface area contributed by atoms with Crippen LogP contribution in [0.4, 0.5) is 13.2 Å². The smallest absolute Gasteiger partial charge is 0.416 e. The van der Waals surface area contributed by atoms with E-state index in [2.05, 4.69) is 10.5 Å². The van der Waals surface area contributed by atoms with Gasteiger partial charge in [0, 0.05) is 5.56 Å². The SMILES string of the molecule is CCOc1cc(/C=N/NC(=O)c2cccc(C(F)(F)F)c2)ccc1OCc1ccc(OCc2ccccc2)c(OCC)c1. The van der Waals surface area contributed by atoms with E-state index in [1.165, 1.54) is 18.3 Å². The van der Waals surface area contributed by atoms with Gasteiger partial charge in [0.15, 0.2) is 23.0 Å². The normalized spacial score (nSPS) is 11.3. The Balaban J connectivity index is 1.39. The van der Waals surface area contributed by atoms with Crippen LogP contribution in [0.2, 0.25) is 0 Å². The number of rotatable bonds is 13. The van der Waals surface area contributed by atoms with Crippen molar-refractivity contribution in [2.24, 2.45) is 5.10 Å². The van der Waals surface area contributed by atoms with Crippen molar-refractivity contribution in [3.63, 3.8) is 0 Å². The minimum atomic E-state index is -4.55. The Labute approximate surface area is 247 Å². The van der Waals surface area contributed by atoms with E-state index >= 15 is 0 Å². The lowest BCUT2D eigenvalue weighted by Gasteiger charge is -2.15. The second-order valence-electron chi connectivity index (χ2n) is 9.19. The Kier molecular flexibility index (Phi) is 10.6. The lowest BCUT2D eigenvalue weighted by atomic mass is 10.1.